The summed E-state index contributed by atoms with van der Waals surface area (Å²) in [7, 11) is 0. The van der Waals surface area contributed by atoms with E-state index in [2.05, 4.69) is 24.2 Å². The summed E-state index contributed by atoms with van der Waals surface area (Å²) in [6.45, 7) is 5.98. The fourth-order valence-corrected chi connectivity index (χ4v) is 3.21. The summed E-state index contributed by atoms with van der Waals surface area (Å²) in [5.41, 5.74) is 4.44. The van der Waals surface area contributed by atoms with Crippen LogP contribution in [0.1, 0.15) is 36.2 Å². The van der Waals surface area contributed by atoms with Crippen molar-refractivity contribution < 1.29 is 4.79 Å². The van der Waals surface area contributed by atoms with Crippen molar-refractivity contribution in [2.24, 2.45) is 0 Å². The standard InChI is InChI=1S/C18H23N3O/c1-14-17(10-11-18(22)20-12-6-7-13-20)15(2)21(19-14)16-8-4-3-5-9-16/h3-5,8-9H,6-7,10-13H2,1-2H3. The number of aromatic nitrogens is 2. The van der Waals surface area contributed by atoms with Gasteiger partial charge in [-0.25, -0.2) is 4.68 Å². The predicted octanol–water partition coefficient (Wildman–Crippen LogP) is 3.04. The van der Waals surface area contributed by atoms with Gasteiger partial charge in [0.1, 0.15) is 0 Å². The quantitative estimate of drug-likeness (QED) is 0.870. The number of carbonyl (C=O) groups excluding carboxylic acids is 1. The first-order chi connectivity index (χ1) is 10.7. The van der Waals surface area contributed by atoms with Crippen LogP contribution >= 0.6 is 0 Å². The van der Waals surface area contributed by atoms with Crippen LogP contribution in [-0.2, 0) is 11.2 Å². The van der Waals surface area contributed by atoms with Gasteiger partial charge in [0.25, 0.3) is 0 Å². The Morgan fingerprint density at radius 2 is 1.82 bits per heavy atom. The van der Waals surface area contributed by atoms with Crippen LogP contribution in [0.25, 0.3) is 5.69 Å². The molecule has 0 N–H and O–H groups in total. The van der Waals surface area contributed by atoms with Gasteiger partial charge in [0, 0.05) is 25.2 Å². The highest BCUT2D eigenvalue weighted by Crippen LogP contribution is 2.20. The zero-order chi connectivity index (χ0) is 15.5. The average molecular weight is 297 g/mol. The Morgan fingerprint density at radius 3 is 2.50 bits per heavy atom. The van der Waals surface area contributed by atoms with E-state index < -0.39 is 0 Å². The van der Waals surface area contributed by atoms with E-state index in [1.807, 2.05) is 34.7 Å². The van der Waals surface area contributed by atoms with Gasteiger partial charge in [0.15, 0.2) is 0 Å². The fourth-order valence-electron chi connectivity index (χ4n) is 3.21. The van der Waals surface area contributed by atoms with E-state index in [0.717, 1.165) is 49.4 Å². The molecule has 4 nitrogen and oxygen atoms in total. The SMILES string of the molecule is Cc1nn(-c2ccccc2)c(C)c1CCC(=O)N1CCCC1. The van der Waals surface area contributed by atoms with Gasteiger partial charge < -0.3 is 4.90 Å². The van der Waals surface area contributed by atoms with E-state index in [1.165, 1.54) is 5.56 Å². The molecule has 1 amide bonds. The highest BCUT2D eigenvalue weighted by molar-refractivity contribution is 5.76. The number of amides is 1. The molecular formula is C18H23N3O. The molecule has 1 aliphatic rings. The summed E-state index contributed by atoms with van der Waals surface area (Å²) in [5.74, 6) is 0.281. The molecule has 1 aromatic heterocycles. The lowest BCUT2D eigenvalue weighted by molar-refractivity contribution is -0.130. The minimum Gasteiger partial charge on any atom is -0.343 e. The maximum atomic E-state index is 12.2. The van der Waals surface area contributed by atoms with Crippen LogP contribution in [0.4, 0.5) is 0 Å². The molecule has 1 aromatic carbocycles. The van der Waals surface area contributed by atoms with Crippen LogP contribution < -0.4 is 0 Å². The van der Waals surface area contributed by atoms with Gasteiger partial charge >= 0.3 is 0 Å². The van der Waals surface area contributed by atoms with Gasteiger partial charge in [0.2, 0.25) is 5.91 Å². The number of carbonyl (C=O) groups is 1. The maximum Gasteiger partial charge on any atom is 0.222 e. The van der Waals surface area contributed by atoms with Crippen LogP contribution in [0.5, 0.6) is 0 Å². The Morgan fingerprint density at radius 1 is 1.14 bits per heavy atom. The Balaban J connectivity index is 1.74. The van der Waals surface area contributed by atoms with Crippen LogP contribution in [0.2, 0.25) is 0 Å². The van der Waals surface area contributed by atoms with E-state index in [9.17, 15) is 4.79 Å². The normalized spacial score (nSPS) is 14.5. The zero-order valence-corrected chi connectivity index (χ0v) is 13.4. The second kappa shape index (κ2) is 6.34. The molecule has 116 valence electrons. The third-order valence-corrected chi connectivity index (χ3v) is 4.49. The van der Waals surface area contributed by atoms with Crippen molar-refractivity contribution in [2.45, 2.75) is 39.5 Å². The molecule has 1 fully saturated rings. The van der Waals surface area contributed by atoms with Gasteiger partial charge in [-0.15, -0.1) is 0 Å². The second-order valence-electron chi connectivity index (χ2n) is 5.98. The molecule has 2 heterocycles. The Labute approximate surface area is 131 Å². The van der Waals surface area contributed by atoms with E-state index in [4.69, 9.17) is 0 Å². The van der Waals surface area contributed by atoms with Gasteiger partial charge in [-0.2, -0.15) is 5.10 Å². The Kier molecular flexibility index (Phi) is 4.27. The first-order valence-corrected chi connectivity index (χ1v) is 8.05. The smallest absolute Gasteiger partial charge is 0.222 e. The molecule has 2 aromatic rings. The van der Waals surface area contributed by atoms with Crippen molar-refractivity contribution >= 4 is 5.91 Å². The average Bonchev–Trinajstić information content (AvgIpc) is 3.15. The molecule has 1 aliphatic heterocycles. The molecule has 4 heteroatoms. The van der Waals surface area contributed by atoms with Crippen LogP contribution in [0.3, 0.4) is 0 Å². The minimum atomic E-state index is 0.281. The van der Waals surface area contributed by atoms with Crippen molar-refractivity contribution in [1.82, 2.24) is 14.7 Å². The van der Waals surface area contributed by atoms with Crippen molar-refractivity contribution in [1.29, 1.82) is 0 Å². The summed E-state index contributed by atoms with van der Waals surface area (Å²) in [5, 5.41) is 4.65. The van der Waals surface area contributed by atoms with Gasteiger partial charge in [0.05, 0.1) is 11.4 Å². The lowest BCUT2D eigenvalue weighted by atomic mass is 10.1. The number of likely N-dealkylation sites (tertiary alicyclic amines) is 1. The highest BCUT2D eigenvalue weighted by atomic mass is 16.2. The van der Waals surface area contributed by atoms with Gasteiger partial charge in [-0.1, -0.05) is 18.2 Å². The number of hydrogen-bond donors (Lipinski definition) is 0. The third-order valence-electron chi connectivity index (χ3n) is 4.49. The third kappa shape index (κ3) is 2.91. The largest absolute Gasteiger partial charge is 0.343 e. The molecule has 0 unspecified atom stereocenters. The van der Waals surface area contributed by atoms with Gasteiger partial charge in [-0.05, 0) is 50.8 Å². The minimum absolute atomic E-state index is 0.281. The molecular weight excluding hydrogens is 274 g/mol. The summed E-state index contributed by atoms with van der Waals surface area (Å²) in [6, 6.07) is 10.1. The number of rotatable bonds is 4. The predicted molar refractivity (Wildman–Crippen MR) is 87.2 cm³/mol. The second-order valence-corrected chi connectivity index (χ2v) is 5.98. The molecule has 0 atom stereocenters. The van der Waals surface area contributed by atoms with Crippen molar-refractivity contribution in [3.63, 3.8) is 0 Å². The van der Waals surface area contributed by atoms with Crippen LogP contribution in [0, 0.1) is 13.8 Å². The molecule has 3 rings (SSSR count). The molecule has 0 saturated carbocycles. The van der Waals surface area contributed by atoms with E-state index in [-0.39, 0.29) is 5.91 Å². The molecule has 0 bridgehead atoms. The highest BCUT2D eigenvalue weighted by Gasteiger charge is 2.19. The summed E-state index contributed by atoms with van der Waals surface area (Å²) < 4.78 is 1.98. The number of para-hydroxylation sites is 1. The van der Waals surface area contributed by atoms with Crippen LogP contribution in [0.15, 0.2) is 30.3 Å². The maximum absolute atomic E-state index is 12.2. The lowest BCUT2D eigenvalue weighted by Crippen LogP contribution is -2.27. The molecule has 0 aliphatic carbocycles. The first-order valence-electron chi connectivity index (χ1n) is 8.05. The number of hydrogen-bond acceptors (Lipinski definition) is 2. The Bertz CT molecular complexity index is 654. The summed E-state index contributed by atoms with van der Waals surface area (Å²) >= 11 is 0. The van der Waals surface area contributed by atoms with E-state index >= 15 is 0 Å². The monoisotopic (exact) mass is 297 g/mol. The number of nitrogens with zero attached hydrogens (tertiary/aromatic N) is 3. The van der Waals surface area contributed by atoms with Crippen molar-refractivity contribution in [3.05, 3.63) is 47.3 Å². The summed E-state index contributed by atoms with van der Waals surface area (Å²) in [4.78, 5) is 14.2. The van der Waals surface area contributed by atoms with Gasteiger partial charge in [-0.3, -0.25) is 4.79 Å². The lowest BCUT2D eigenvalue weighted by Gasteiger charge is -2.15. The topological polar surface area (TPSA) is 38.1 Å². The van der Waals surface area contributed by atoms with Crippen molar-refractivity contribution in [3.8, 4) is 5.69 Å². The molecule has 0 radical (unpaired) electrons. The molecule has 1 saturated heterocycles. The fraction of sp³-hybridized carbons (Fsp3) is 0.444. The Hall–Kier alpha value is -2.10. The van der Waals surface area contributed by atoms with E-state index in [1.54, 1.807) is 0 Å². The molecule has 22 heavy (non-hydrogen) atoms. The van der Waals surface area contributed by atoms with E-state index in [0.29, 0.717) is 6.42 Å². The number of benzene rings is 1. The summed E-state index contributed by atoms with van der Waals surface area (Å²) in [6.07, 6.45) is 3.66. The van der Waals surface area contributed by atoms with Crippen LogP contribution in [-0.4, -0.2) is 33.7 Å². The van der Waals surface area contributed by atoms with Crippen molar-refractivity contribution in [2.75, 3.05) is 13.1 Å². The molecule has 0 spiro atoms. The number of aryl methyl sites for hydroxylation is 1. The first kappa shape index (κ1) is 14.8. The zero-order valence-electron chi connectivity index (χ0n) is 13.4.